The number of benzene rings is 1. The highest BCUT2D eigenvalue weighted by atomic mass is 15.2. The van der Waals surface area contributed by atoms with Crippen LogP contribution in [0.3, 0.4) is 0 Å². The zero-order valence-electron chi connectivity index (χ0n) is 11.3. The van der Waals surface area contributed by atoms with Crippen molar-refractivity contribution in [1.82, 2.24) is 4.98 Å². The summed E-state index contributed by atoms with van der Waals surface area (Å²) in [7, 11) is 0. The van der Waals surface area contributed by atoms with Crippen molar-refractivity contribution in [3.8, 4) is 0 Å². The van der Waals surface area contributed by atoms with Crippen LogP contribution in [0.4, 0.5) is 5.82 Å². The minimum Gasteiger partial charge on any atom is -0.308 e. The summed E-state index contributed by atoms with van der Waals surface area (Å²) < 4.78 is 0. The summed E-state index contributed by atoms with van der Waals surface area (Å²) in [5.74, 6) is 6.87. The molecular formula is C15H21N3. The fraction of sp³-hybridized carbons (Fsp3) is 0.400. The molecule has 0 spiro atoms. The minimum absolute atomic E-state index is 0.538. The summed E-state index contributed by atoms with van der Waals surface area (Å²) in [6, 6.07) is 8.64. The number of hydrazine groups is 1. The van der Waals surface area contributed by atoms with Crippen molar-refractivity contribution >= 4 is 16.7 Å². The quantitative estimate of drug-likeness (QED) is 0.637. The van der Waals surface area contributed by atoms with Crippen molar-refractivity contribution in [2.75, 3.05) is 5.43 Å². The molecule has 0 amide bonds. The molecule has 0 fully saturated rings. The van der Waals surface area contributed by atoms with Crippen molar-refractivity contribution < 1.29 is 0 Å². The highest BCUT2D eigenvalue weighted by molar-refractivity contribution is 5.82. The summed E-state index contributed by atoms with van der Waals surface area (Å²) in [6.45, 7) is 6.57. The molecule has 1 heterocycles. The first-order valence-corrected chi connectivity index (χ1v) is 6.56. The summed E-state index contributed by atoms with van der Waals surface area (Å²) in [5, 5.41) is 1.20. The van der Waals surface area contributed by atoms with Crippen molar-refractivity contribution in [1.29, 1.82) is 0 Å². The Hall–Kier alpha value is -1.61. The van der Waals surface area contributed by atoms with Gasteiger partial charge in [0.2, 0.25) is 0 Å². The summed E-state index contributed by atoms with van der Waals surface area (Å²) in [6.07, 6.45) is 2.08. The van der Waals surface area contributed by atoms with Crippen LogP contribution < -0.4 is 11.3 Å². The highest BCUT2D eigenvalue weighted by Crippen LogP contribution is 2.24. The summed E-state index contributed by atoms with van der Waals surface area (Å²) in [4.78, 5) is 4.58. The Morgan fingerprint density at radius 2 is 2.06 bits per heavy atom. The Kier molecular flexibility index (Phi) is 3.82. The molecule has 3 N–H and O–H groups in total. The number of aromatic nitrogens is 1. The molecule has 96 valence electrons. The third-order valence-electron chi connectivity index (χ3n) is 3.24. The average Bonchev–Trinajstić information content (AvgIpc) is 2.37. The molecule has 0 aliphatic carbocycles. The second-order valence-electron chi connectivity index (χ2n) is 5.00. The molecule has 0 radical (unpaired) electrons. The van der Waals surface area contributed by atoms with Crippen molar-refractivity contribution in [2.24, 2.45) is 5.84 Å². The van der Waals surface area contributed by atoms with Gasteiger partial charge in [0.15, 0.2) is 0 Å². The molecule has 1 aromatic heterocycles. The SMILES string of the molecule is CCCc1cc2cc(C(C)C)ccc2nc1NN. The van der Waals surface area contributed by atoms with E-state index in [9.17, 15) is 0 Å². The van der Waals surface area contributed by atoms with Crippen molar-refractivity contribution in [3.63, 3.8) is 0 Å². The monoisotopic (exact) mass is 243 g/mol. The molecule has 1 aromatic carbocycles. The standard InChI is InChI=1S/C15H21N3/c1-4-5-12-9-13-8-11(10(2)3)6-7-14(13)17-15(12)18-16/h6-10H,4-5,16H2,1-3H3,(H,17,18). The predicted molar refractivity (Wildman–Crippen MR) is 77.6 cm³/mol. The lowest BCUT2D eigenvalue weighted by molar-refractivity contribution is 0.868. The second-order valence-corrected chi connectivity index (χ2v) is 5.00. The molecule has 0 atom stereocenters. The maximum absolute atomic E-state index is 5.54. The fourth-order valence-corrected chi connectivity index (χ4v) is 2.18. The van der Waals surface area contributed by atoms with Crippen LogP contribution in [0.2, 0.25) is 0 Å². The summed E-state index contributed by atoms with van der Waals surface area (Å²) in [5.41, 5.74) is 6.23. The maximum Gasteiger partial charge on any atom is 0.143 e. The number of aryl methyl sites for hydroxylation is 1. The molecule has 3 nitrogen and oxygen atoms in total. The third kappa shape index (κ3) is 2.46. The molecule has 0 saturated heterocycles. The topological polar surface area (TPSA) is 50.9 Å². The van der Waals surface area contributed by atoms with E-state index in [1.54, 1.807) is 0 Å². The van der Waals surface area contributed by atoms with E-state index >= 15 is 0 Å². The van der Waals surface area contributed by atoms with Crippen LogP contribution in [0.1, 0.15) is 44.2 Å². The predicted octanol–water partition coefficient (Wildman–Crippen LogP) is 3.60. The number of hydrogen-bond donors (Lipinski definition) is 2. The number of fused-ring (bicyclic) bond motifs is 1. The Labute approximate surface area is 108 Å². The lowest BCUT2D eigenvalue weighted by Gasteiger charge is -2.11. The number of rotatable bonds is 4. The lowest BCUT2D eigenvalue weighted by atomic mass is 10.00. The van der Waals surface area contributed by atoms with Crippen molar-refractivity contribution in [2.45, 2.75) is 39.5 Å². The van der Waals surface area contributed by atoms with E-state index in [1.807, 2.05) is 0 Å². The number of nitrogens with two attached hydrogens (primary N) is 1. The zero-order chi connectivity index (χ0) is 13.1. The number of nitrogen functional groups attached to an aromatic ring is 1. The number of nitrogens with zero attached hydrogens (tertiary/aromatic N) is 1. The van der Waals surface area contributed by atoms with Gasteiger partial charge in [0, 0.05) is 5.39 Å². The highest BCUT2D eigenvalue weighted by Gasteiger charge is 2.07. The Morgan fingerprint density at radius 1 is 1.28 bits per heavy atom. The maximum atomic E-state index is 5.54. The smallest absolute Gasteiger partial charge is 0.143 e. The largest absolute Gasteiger partial charge is 0.308 e. The Balaban J connectivity index is 2.56. The van der Waals surface area contributed by atoms with Gasteiger partial charge in [0.05, 0.1) is 5.52 Å². The molecule has 2 aromatic rings. The van der Waals surface area contributed by atoms with Crippen LogP contribution in [0.15, 0.2) is 24.3 Å². The molecule has 0 aliphatic heterocycles. The molecular weight excluding hydrogens is 222 g/mol. The number of pyridine rings is 1. The van der Waals surface area contributed by atoms with Gasteiger partial charge in [-0.3, -0.25) is 0 Å². The molecule has 2 rings (SSSR count). The number of hydrogen-bond acceptors (Lipinski definition) is 3. The van der Waals surface area contributed by atoms with E-state index in [4.69, 9.17) is 5.84 Å². The van der Waals surface area contributed by atoms with Crippen LogP contribution in [0.25, 0.3) is 10.9 Å². The van der Waals surface area contributed by atoms with Gasteiger partial charge in [0.1, 0.15) is 5.82 Å². The van der Waals surface area contributed by atoms with E-state index in [2.05, 4.69) is 55.4 Å². The van der Waals surface area contributed by atoms with Gasteiger partial charge in [0.25, 0.3) is 0 Å². The molecule has 0 saturated carbocycles. The lowest BCUT2D eigenvalue weighted by Crippen LogP contribution is -2.11. The third-order valence-corrected chi connectivity index (χ3v) is 3.24. The Bertz CT molecular complexity index is 547. The van der Waals surface area contributed by atoms with E-state index in [1.165, 1.54) is 16.5 Å². The Morgan fingerprint density at radius 3 is 2.67 bits per heavy atom. The van der Waals surface area contributed by atoms with Gasteiger partial charge >= 0.3 is 0 Å². The van der Waals surface area contributed by atoms with Gasteiger partial charge < -0.3 is 5.43 Å². The first kappa shape index (κ1) is 12.8. The van der Waals surface area contributed by atoms with E-state index < -0.39 is 0 Å². The fourth-order valence-electron chi connectivity index (χ4n) is 2.18. The minimum atomic E-state index is 0.538. The van der Waals surface area contributed by atoms with Crippen LogP contribution >= 0.6 is 0 Å². The average molecular weight is 243 g/mol. The molecule has 18 heavy (non-hydrogen) atoms. The zero-order valence-corrected chi connectivity index (χ0v) is 11.3. The van der Waals surface area contributed by atoms with Gasteiger partial charge in [-0.15, -0.1) is 0 Å². The van der Waals surface area contributed by atoms with Crippen LogP contribution in [-0.2, 0) is 6.42 Å². The van der Waals surface area contributed by atoms with Gasteiger partial charge in [-0.1, -0.05) is 33.3 Å². The first-order chi connectivity index (χ1) is 8.65. The van der Waals surface area contributed by atoms with Gasteiger partial charge in [-0.05, 0) is 41.7 Å². The van der Waals surface area contributed by atoms with Crippen LogP contribution in [-0.4, -0.2) is 4.98 Å². The van der Waals surface area contributed by atoms with Gasteiger partial charge in [-0.2, -0.15) is 0 Å². The molecule has 0 bridgehead atoms. The summed E-state index contributed by atoms with van der Waals surface area (Å²) >= 11 is 0. The van der Waals surface area contributed by atoms with E-state index in [-0.39, 0.29) is 0 Å². The molecule has 0 aliphatic rings. The second kappa shape index (κ2) is 5.36. The number of anilines is 1. The van der Waals surface area contributed by atoms with Crippen LogP contribution in [0, 0.1) is 0 Å². The first-order valence-electron chi connectivity index (χ1n) is 6.56. The normalized spacial score (nSPS) is 11.2. The molecule has 0 unspecified atom stereocenters. The van der Waals surface area contributed by atoms with Gasteiger partial charge in [-0.25, -0.2) is 10.8 Å². The van der Waals surface area contributed by atoms with Crippen molar-refractivity contribution in [3.05, 3.63) is 35.4 Å². The molecule has 3 heteroatoms. The van der Waals surface area contributed by atoms with Crippen LogP contribution in [0.5, 0.6) is 0 Å². The van der Waals surface area contributed by atoms with E-state index in [0.717, 1.165) is 24.2 Å². The number of nitrogens with one attached hydrogen (secondary N) is 1. The van der Waals surface area contributed by atoms with E-state index in [0.29, 0.717) is 5.92 Å².